The van der Waals surface area contributed by atoms with Crippen LogP contribution in [-0.4, -0.2) is 41.1 Å². The summed E-state index contributed by atoms with van der Waals surface area (Å²) in [7, 11) is 0. The predicted molar refractivity (Wildman–Crippen MR) is 185 cm³/mol. The van der Waals surface area contributed by atoms with Crippen LogP contribution in [0.1, 0.15) is 113 Å². The summed E-state index contributed by atoms with van der Waals surface area (Å²) in [5, 5.41) is 20.8. The third-order valence-electron chi connectivity index (χ3n) is 11.2. The molecule has 0 saturated heterocycles. The Bertz CT molecular complexity index is 1540. The van der Waals surface area contributed by atoms with Gasteiger partial charge in [-0.05, 0) is 84.8 Å². The molecule has 2 aliphatic heterocycles. The second-order valence-electron chi connectivity index (χ2n) is 14.6. The molecule has 2 aromatic carbocycles. The number of aliphatic hydroxyl groups excluding tert-OH is 1. The van der Waals surface area contributed by atoms with Crippen molar-refractivity contribution in [1.29, 1.82) is 0 Å². The number of nitrogens with two attached hydrogens (primary N) is 2. The Morgan fingerprint density at radius 3 is 2.70 bits per heavy atom. The van der Waals surface area contributed by atoms with Gasteiger partial charge in [-0.2, -0.15) is 0 Å². The fourth-order valence-corrected chi connectivity index (χ4v) is 8.59. The van der Waals surface area contributed by atoms with Crippen molar-refractivity contribution in [2.45, 2.75) is 114 Å². The van der Waals surface area contributed by atoms with Crippen molar-refractivity contribution in [3.63, 3.8) is 0 Å². The monoisotopic (exact) mass is 641 g/mol. The number of allylic oxidation sites excluding steroid dienone is 1. The number of carbonyl (C=O) groups is 1. The number of aryl methyl sites for hydroxylation is 1. The van der Waals surface area contributed by atoms with Crippen molar-refractivity contribution >= 4 is 11.5 Å². The number of rotatable bonds is 15. The molecule has 0 aromatic heterocycles. The second kappa shape index (κ2) is 14.4. The van der Waals surface area contributed by atoms with Crippen LogP contribution in [0.4, 0.5) is 0 Å². The molecule has 3 unspecified atom stereocenters. The quantitative estimate of drug-likeness (QED) is 0.133. The average molecular weight is 642 g/mol. The summed E-state index contributed by atoms with van der Waals surface area (Å²) in [5.41, 5.74) is 19.3. The standard InChI is InChI=1S/C39H52N4O4/c1-2-3-4-10-30(44)21-31(45)13-11-27-12-14-35(46)36(19-27)47-26-43-23-32-33(22-42-34(32)24-43)39(18-17-38(25-39)15-5-6-16-38)29-9-7-8-28(20-29)37(40)41/h7-9,12,14,19-20,22-23,30,37,44,46H,2-6,10-11,13,15-18,21,24-26,40-41H2,1H3/p+1. The molecule has 0 bridgehead atoms. The number of aliphatic hydroxyl groups is 1. The van der Waals surface area contributed by atoms with Gasteiger partial charge in [0.25, 0.3) is 0 Å². The van der Waals surface area contributed by atoms with Crippen molar-refractivity contribution in [2.24, 2.45) is 21.9 Å². The first-order chi connectivity index (χ1) is 22.7. The van der Waals surface area contributed by atoms with Crippen LogP contribution in [0.15, 0.2) is 71.0 Å². The summed E-state index contributed by atoms with van der Waals surface area (Å²) in [6.45, 7) is 3.20. The zero-order chi connectivity index (χ0) is 33.0. The molecule has 252 valence electrons. The molecule has 47 heavy (non-hydrogen) atoms. The Balaban J connectivity index is 1.12. The lowest BCUT2D eigenvalue weighted by molar-refractivity contribution is -0.851. The van der Waals surface area contributed by atoms with Gasteiger partial charge in [0.15, 0.2) is 11.5 Å². The van der Waals surface area contributed by atoms with E-state index in [1.807, 2.05) is 18.2 Å². The van der Waals surface area contributed by atoms with Gasteiger partial charge in [0.2, 0.25) is 6.73 Å². The van der Waals surface area contributed by atoms with Crippen molar-refractivity contribution < 1.29 is 24.6 Å². The molecular formula is C39H53N4O4+. The largest absolute Gasteiger partial charge is 0.504 e. The summed E-state index contributed by atoms with van der Waals surface area (Å²) >= 11 is 0. The summed E-state index contributed by atoms with van der Waals surface area (Å²) in [5.74, 6) is 0.562. The first-order valence-corrected chi connectivity index (χ1v) is 17.8. The van der Waals surface area contributed by atoms with E-state index in [9.17, 15) is 15.0 Å². The Hall–Kier alpha value is -3.30. The molecule has 2 aromatic rings. The highest BCUT2D eigenvalue weighted by atomic mass is 16.5. The highest BCUT2D eigenvalue weighted by Gasteiger charge is 2.54. The second-order valence-corrected chi connectivity index (χ2v) is 14.6. The molecular weight excluding hydrogens is 588 g/mol. The molecule has 2 saturated carbocycles. The van der Waals surface area contributed by atoms with E-state index in [0.29, 0.717) is 37.2 Å². The summed E-state index contributed by atoms with van der Waals surface area (Å²) in [6.07, 6.45) is 16.9. The number of carbonyl (C=O) groups excluding carboxylic acids is 1. The van der Waals surface area contributed by atoms with Gasteiger partial charge in [0, 0.05) is 24.5 Å². The maximum atomic E-state index is 12.5. The third-order valence-corrected chi connectivity index (χ3v) is 11.2. The van der Waals surface area contributed by atoms with Gasteiger partial charge in [-0.15, -0.1) is 0 Å². The number of unbranched alkanes of at least 4 members (excludes halogenated alkanes) is 2. The minimum atomic E-state index is -0.563. The number of ketones is 1. The van der Waals surface area contributed by atoms with E-state index in [-0.39, 0.29) is 23.4 Å². The van der Waals surface area contributed by atoms with Crippen LogP contribution in [0, 0.1) is 5.41 Å². The van der Waals surface area contributed by atoms with E-state index in [4.69, 9.17) is 21.2 Å². The zero-order valence-corrected chi connectivity index (χ0v) is 28.0. The number of nitrogens with zero attached hydrogens (tertiary/aromatic N) is 1. The number of hydrogen-bond acceptors (Lipinski definition) is 7. The number of nitrogens with one attached hydrogen (secondary N) is 1. The van der Waals surface area contributed by atoms with Gasteiger partial charge < -0.3 is 26.4 Å². The number of phenolic OH excluding ortho intramolecular Hbond substituents is 1. The number of aromatic hydroxyl groups is 1. The fraction of sp³-hybridized carbons (Fsp3) is 0.538. The molecule has 4 aliphatic rings. The molecule has 3 atom stereocenters. The normalized spacial score (nSPS) is 23.6. The van der Waals surface area contributed by atoms with Gasteiger partial charge in [-0.3, -0.25) is 14.7 Å². The van der Waals surface area contributed by atoms with E-state index >= 15 is 0 Å². The fourth-order valence-electron chi connectivity index (χ4n) is 8.59. The van der Waals surface area contributed by atoms with Crippen LogP contribution >= 0.6 is 0 Å². The van der Waals surface area contributed by atoms with Crippen molar-refractivity contribution in [3.8, 4) is 11.5 Å². The lowest BCUT2D eigenvalue weighted by Crippen LogP contribution is -3.07. The number of fused-ring (bicyclic) bond motifs is 1. The highest BCUT2D eigenvalue weighted by molar-refractivity contribution is 6.08. The van der Waals surface area contributed by atoms with Gasteiger partial charge in [-0.25, -0.2) is 0 Å². The van der Waals surface area contributed by atoms with Crippen LogP contribution in [0.5, 0.6) is 11.5 Å². The maximum Gasteiger partial charge on any atom is 0.227 e. The molecule has 0 amide bonds. The molecule has 6 rings (SSSR count). The van der Waals surface area contributed by atoms with E-state index < -0.39 is 12.3 Å². The van der Waals surface area contributed by atoms with Gasteiger partial charge in [0.05, 0.1) is 17.8 Å². The van der Waals surface area contributed by atoms with Crippen molar-refractivity contribution in [1.82, 2.24) is 0 Å². The van der Waals surface area contributed by atoms with Crippen molar-refractivity contribution in [3.05, 3.63) is 82.7 Å². The number of aliphatic imine (C=N–C) groups is 1. The van der Waals surface area contributed by atoms with Crippen LogP contribution in [0.2, 0.25) is 0 Å². The number of ether oxygens (including phenoxy) is 1. The molecule has 8 heteroatoms. The van der Waals surface area contributed by atoms with Crippen LogP contribution in [-0.2, 0) is 16.6 Å². The highest BCUT2D eigenvalue weighted by Crippen LogP contribution is 2.62. The lowest BCUT2D eigenvalue weighted by atomic mass is 9.68. The molecule has 2 heterocycles. The third kappa shape index (κ3) is 7.41. The molecule has 0 radical (unpaired) electrons. The van der Waals surface area contributed by atoms with Crippen molar-refractivity contribution in [2.75, 3.05) is 13.3 Å². The van der Waals surface area contributed by atoms with E-state index in [0.717, 1.165) is 60.4 Å². The molecule has 7 N–H and O–H groups in total. The predicted octanol–water partition coefficient (Wildman–Crippen LogP) is 5.28. The molecule has 2 aliphatic carbocycles. The minimum Gasteiger partial charge on any atom is -0.504 e. The van der Waals surface area contributed by atoms with Gasteiger partial charge in [-0.1, -0.05) is 69.4 Å². The van der Waals surface area contributed by atoms with Crippen LogP contribution in [0.3, 0.4) is 0 Å². The minimum absolute atomic E-state index is 0.0605. The maximum absolute atomic E-state index is 12.5. The summed E-state index contributed by atoms with van der Waals surface area (Å²) in [6, 6.07) is 13.9. The Morgan fingerprint density at radius 2 is 1.91 bits per heavy atom. The first-order valence-electron chi connectivity index (χ1n) is 17.8. The van der Waals surface area contributed by atoms with Gasteiger partial charge in [0.1, 0.15) is 24.2 Å². The Morgan fingerprint density at radius 1 is 1.09 bits per heavy atom. The number of hydrogen-bond donors (Lipinski definition) is 5. The lowest BCUT2D eigenvalue weighted by Gasteiger charge is -2.35. The Kier molecular flexibility index (Phi) is 10.3. The summed E-state index contributed by atoms with van der Waals surface area (Å²) in [4.78, 5) is 18.6. The first kappa shape index (κ1) is 33.6. The SMILES string of the molecule is CCCCCC(O)CC(=O)CCc1ccc(O)c(OC[NH+]2C=C3C(C4(c5cccc(C(N)N)c5)CCC5(CCCC5)C4)=CN=C3C2)c1. The number of benzene rings is 2. The Labute approximate surface area is 279 Å². The number of quaternary nitrogens is 1. The number of phenols is 1. The van der Waals surface area contributed by atoms with E-state index in [1.165, 1.54) is 48.8 Å². The number of Topliss-reactive ketones (excluding diaryl/α,β-unsaturated/α-hetero) is 1. The zero-order valence-electron chi connectivity index (χ0n) is 28.0. The van der Waals surface area contributed by atoms with E-state index in [2.05, 4.69) is 37.5 Å². The molecule has 8 nitrogen and oxygen atoms in total. The summed E-state index contributed by atoms with van der Waals surface area (Å²) < 4.78 is 6.18. The van der Waals surface area contributed by atoms with E-state index in [1.54, 1.807) is 6.07 Å². The topological polar surface area (TPSA) is 136 Å². The van der Waals surface area contributed by atoms with Crippen LogP contribution in [0.25, 0.3) is 0 Å². The van der Waals surface area contributed by atoms with Gasteiger partial charge >= 0.3 is 0 Å². The van der Waals surface area contributed by atoms with Crippen LogP contribution < -0.4 is 21.1 Å². The average Bonchev–Trinajstić information content (AvgIpc) is 3.86. The molecule has 1 spiro atoms. The smallest absolute Gasteiger partial charge is 0.227 e. The molecule has 2 fully saturated rings.